The van der Waals surface area contributed by atoms with Crippen molar-refractivity contribution >= 4 is 33.8 Å². The van der Waals surface area contributed by atoms with Gasteiger partial charge < -0.3 is 9.80 Å². The molecule has 5 heteroatoms. The van der Waals surface area contributed by atoms with Crippen molar-refractivity contribution in [2.45, 2.75) is 0 Å². The molecular weight excluding hydrogens is 292 g/mol. The number of piperazine rings is 1. The predicted octanol–water partition coefficient (Wildman–Crippen LogP) is 3.36. The molecule has 0 bridgehead atoms. The van der Waals surface area contributed by atoms with Crippen LogP contribution >= 0.6 is 22.9 Å². The zero-order valence-corrected chi connectivity index (χ0v) is 12.5. The SMILES string of the molecule is O=C(c1cccc(Cl)c1)N1CCN(c2cccs2)CC1. The van der Waals surface area contributed by atoms with Crippen LogP contribution in [-0.2, 0) is 0 Å². The van der Waals surface area contributed by atoms with Crippen molar-refractivity contribution in [2.75, 3.05) is 31.1 Å². The standard InChI is InChI=1S/C15H15ClN2OS/c16-13-4-1-3-12(11-13)15(19)18-8-6-17(7-9-18)14-5-2-10-20-14/h1-5,10-11H,6-9H2. The first kappa shape index (κ1) is 13.5. The first-order valence-electron chi connectivity index (χ1n) is 6.57. The minimum atomic E-state index is 0.0679. The highest BCUT2D eigenvalue weighted by Crippen LogP contribution is 2.23. The van der Waals surface area contributed by atoms with Gasteiger partial charge in [-0.15, -0.1) is 11.3 Å². The summed E-state index contributed by atoms with van der Waals surface area (Å²) >= 11 is 7.68. The molecule has 0 aliphatic carbocycles. The maximum atomic E-state index is 12.4. The van der Waals surface area contributed by atoms with Crippen molar-refractivity contribution in [1.82, 2.24) is 4.90 Å². The van der Waals surface area contributed by atoms with Crippen molar-refractivity contribution in [3.8, 4) is 0 Å². The van der Waals surface area contributed by atoms with Gasteiger partial charge in [0, 0.05) is 36.8 Å². The van der Waals surface area contributed by atoms with Crippen LogP contribution in [0, 0.1) is 0 Å². The van der Waals surface area contributed by atoms with E-state index in [-0.39, 0.29) is 5.91 Å². The van der Waals surface area contributed by atoms with E-state index >= 15 is 0 Å². The summed E-state index contributed by atoms with van der Waals surface area (Å²) in [5, 5.41) is 3.96. The number of hydrogen-bond donors (Lipinski definition) is 0. The average Bonchev–Trinajstić information content (AvgIpc) is 3.01. The molecular formula is C15H15ClN2OS. The summed E-state index contributed by atoms with van der Waals surface area (Å²) in [6.07, 6.45) is 0. The summed E-state index contributed by atoms with van der Waals surface area (Å²) in [5.41, 5.74) is 0.669. The van der Waals surface area contributed by atoms with Crippen molar-refractivity contribution in [3.05, 3.63) is 52.4 Å². The first-order valence-corrected chi connectivity index (χ1v) is 7.83. The molecule has 0 atom stereocenters. The van der Waals surface area contributed by atoms with Crippen molar-refractivity contribution in [2.24, 2.45) is 0 Å². The fraction of sp³-hybridized carbons (Fsp3) is 0.267. The second kappa shape index (κ2) is 5.85. The minimum absolute atomic E-state index is 0.0679. The van der Waals surface area contributed by atoms with Crippen molar-refractivity contribution in [3.63, 3.8) is 0 Å². The van der Waals surface area contributed by atoms with E-state index in [4.69, 9.17) is 11.6 Å². The highest BCUT2D eigenvalue weighted by Gasteiger charge is 2.22. The second-order valence-corrected chi connectivity index (χ2v) is 6.10. The molecule has 3 nitrogen and oxygen atoms in total. The molecule has 0 radical (unpaired) electrons. The van der Waals surface area contributed by atoms with Gasteiger partial charge in [0.2, 0.25) is 0 Å². The zero-order chi connectivity index (χ0) is 13.9. The molecule has 0 saturated carbocycles. The van der Waals surface area contributed by atoms with E-state index in [1.54, 1.807) is 23.5 Å². The highest BCUT2D eigenvalue weighted by atomic mass is 35.5. The van der Waals surface area contributed by atoms with Gasteiger partial charge in [0.15, 0.2) is 0 Å². The molecule has 1 aromatic heterocycles. The third-order valence-electron chi connectivity index (χ3n) is 3.46. The molecule has 0 spiro atoms. The predicted molar refractivity (Wildman–Crippen MR) is 83.9 cm³/mol. The van der Waals surface area contributed by atoms with E-state index in [2.05, 4.69) is 22.4 Å². The van der Waals surface area contributed by atoms with Crippen molar-refractivity contribution in [1.29, 1.82) is 0 Å². The number of amides is 1. The molecule has 2 aromatic rings. The maximum absolute atomic E-state index is 12.4. The Hall–Kier alpha value is -1.52. The summed E-state index contributed by atoms with van der Waals surface area (Å²) in [5.74, 6) is 0.0679. The van der Waals surface area contributed by atoms with Crippen LogP contribution < -0.4 is 4.90 Å². The number of halogens is 1. The van der Waals surface area contributed by atoms with Crippen molar-refractivity contribution < 1.29 is 4.79 Å². The molecule has 3 rings (SSSR count). The van der Waals surface area contributed by atoms with Gasteiger partial charge in [-0.1, -0.05) is 17.7 Å². The Kier molecular flexibility index (Phi) is 3.94. The molecule has 0 unspecified atom stereocenters. The number of carbonyl (C=O) groups excluding carboxylic acids is 1. The lowest BCUT2D eigenvalue weighted by molar-refractivity contribution is 0.0747. The lowest BCUT2D eigenvalue weighted by atomic mass is 10.2. The van der Waals surface area contributed by atoms with Crippen LogP contribution in [0.1, 0.15) is 10.4 Å². The third-order valence-corrected chi connectivity index (χ3v) is 4.62. The number of benzene rings is 1. The van der Waals surface area contributed by atoms with Crippen LogP contribution in [0.5, 0.6) is 0 Å². The molecule has 104 valence electrons. The quantitative estimate of drug-likeness (QED) is 0.849. The minimum Gasteiger partial charge on any atom is -0.360 e. The Labute approximate surface area is 127 Å². The van der Waals surface area contributed by atoms with Crippen LogP contribution in [0.3, 0.4) is 0 Å². The monoisotopic (exact) mass is 306 g/mol. The molecule has 20 heavy (non-hydrogen) atoms. The summed E-state index contributed by atoms with van der Waals surface area (Å²) in [6.45, 7) is 3.27. The van der Waals surface area contributed by atoms with E-state index in [0.717, 1.165) is 26.2 Å². The highest BCUT2D eigenvalue weighted by molar-refractivity contribution is 7.14. The molecule has 1 fully saturated rings. The molecule has 0 N–H and O–H groups in total. The molecule has 1 aliphatic rings. The van der Waals surface area contributed by atoms with E-state index in [1.807, 2.05) is 17.0 Å². The lowest BCUT2D eigenvalue weighted by Crippen LogP contribution is -2.48. The lowest BCUT2D eigenvalue weighted by Gasteiger charge is -2.35. The maximum Gasteiger partial charge on any atom is 0.254 e. The molecule has 1 amide bonds. The third kappa shape index (κ3) is 2.81. The second-order valence-electron chi connectivity index (χ2n) is 4.74. The zero-order valence-electron chi connectivity index (χ0n) is 11.0. The summed E-state index contributed by atoms with van der Waals surface area (Å²) in [4.78, 5) is 16.6. The van der Waals surface area contributed by atoms with Gasteiger partial charge in [-0.3, -0.25) is 4.79 Å². The van der Waals surface area contributed by atoms with E-state index in [1.165, 1.54) is 5.00 Å². The number of anilines is 1. The summed E-state index contributed by atoms with van der Waals surface area (Å²) in [6, 6.07) is 11.3. The average molecular weight is 307 g/mol. The van der Waals surface area contributed by atoms with E-state index in [9.17, 15) is 4.79 Å². The number of carbonyl (C=O) groups is 1. The topological polar surface area (TPSA) is 23.6 Å². The van der Waals surface area contributed by atoms with Crippen LogP contribution in [0.4, 0.5) is 5.00 Å². The fourth-order valence-electron chi connectivity index (χ4n) is 2.38. The number of thiophene rings is 1. The van der Waals surface area contributed by atoms with Crippen LogP contribution in [0.2, 0.25) is 5.02 Å². The first-order chi connectivity index (χ1) is 9.74. The van der Waals surface area contributed by atoms with Gasteiger partial charge in [-0.05, 0) is 35.7 Å². The van der Waals surface area contributed by atoms with Gasteiger partial charge in [-0.25, -0.2) is 0 Å². The largest absolute Gasteiger partial charge is 0.360 e. The number of rotatable bonds is 2. The van der Waals surface area contributed by atoms with E-state index < -0.39 is 0 Å². The molecule has 1 aliphatic heterocycles. The Morgan fingerprint density at radius 2 is 1.90 bits per heavy atom. The van der Waals surface area contributed by atoms with Gasteiger partial charge in [0.1, 0.15) is 0 Å². The molecule has 1 aromatic carbocycles. The Morgan fingerprint density at radius 3 is 2.55 bits per heavy atom. The Morgan fingerprint density at radius 1 is 1.10 bits per heavy atom. The Balaban J connectivity index is 1.65. The fourth-order valence-corrected chi connectivity index (χ4v) is 3.36. The smallest absolute Gasteiger partial charge is 0.254 e. The Bertz CT molecular complexity index is 592. The summed E-state index contributed by atoms with van der Waals surface area (Å²) in [7, 11) is 0. The summed E-state index contributed by atoms with van der Waals surface area (Å²) < 4.78 is 0. The molecule has 1 saturated heterocycles. The van der Waals surface area contributed by atoms with Gasteiger partial charge >= 0.3 is 0 Å². The van der Waals surface area contributed by atoms with Crippen LogP contribution in [0.25, 0.3) is 0 Å². The van der Waals surface area contributed by atoms with Crippen LogP contribution in [-0.4, -0.2) is 37.0 Å². The van der Waals surface area contributed by atoms with Crippen LogP contribution in [0.15, 0.2) is 41.8 Å². The van der Waals surface area contributed by atoms with Gasteiger partial charge in [0.05, 0.1) is 5.00 Å². The van der Waals surface area contributed by atoms with E-state index in [0.29, 0.717) is 10.6 Å². The molecule has 2 heterocycles. The van der Waals surface area contributed by atoms with Gasteiger partial charge in [0.25, 0.3) is 5.91 Å². The number of hydrogen-bond acceptors (Lipinski definition) is 3. The normalized spacial score (nSPS) is 15.4. The van der Waals surface area contributed by atoms with Gasteiger partial charge in [-0.2, -0.15) is 0 Å². The number of nitrogens with zero attached hydrogens (tertiary/aromatic N) is 2.